The molecule has 0 aliphatic rings. The summed E-state index contributed by atoms with van der Waals surface area (Å²) in [6.07, 6.45) is 13.8. The third-order valence-corrected chi connectivity index (χ3v) is 8.76. The number of nitrogens with zero attached hydrogens (tertiary/aromatic N) is 6. The zero-order valence-corrected chi connectivity index (χ0v) is 26.8. The van der Waals surface area contributed by atoms with Gasteiger partial charge in [0.25, 0.3) is 11.8 Å². The molecule has 9 aromatic rings. The lowest BCUT2D eigenvalue weighted by Gasteiger charge is -2.05. The van der Waals surface area contributed by atoms with Crippen LogP contribution < -0.4 is 10.6 Å². The molecule has 0 atom stereocenters. The van der Waals surface area contributed by atoms with Crippen LogP contribution in [0.2, 0.25) is 0 Å². The highest BCUT2D eigenvalue weighted by molar-refractivity contribution is 7.13. The SMILES string of the molecule is O=C(Nc1ccncc1)c1n[nH]c2ccc(-c3cncc4[nH]ccc34)cc12.O=C(Nc1ccncc1)c1n[nH]c2ccc(-c3cncs3)cc12. The Balaban J connectivity index is 0.000000146. The number of fused-ring (bicyclic) bond motifs is 3. The molecule has 242 valence electrons. The summed E-state index contributed by atoms with van der Waals surface area (Å²) in [6, 6.07) is 20.7. The topological polar surface area (TPSA) is 183 Å². The number of hydrogen-bond acceptors (Lipinski definition) is 9. The monoisotopic (exact) mass is 675 g/mol. The Hall–Kier alpha value is -7.06. The molecule has 0 radical (unpaired) electrons. The highest BCUT2D eigenvalue weighted by Gasteiger charge is 2.17. The molecule has 13 nitrogen and oxygen atoms in total. The van der Waals surface area contributed by atoms with Crippen LogP contribution in [0.25, 0.3) is 54.3 Å². The smallest absolute Gasteiger partial charge is 0.276 e. The van der Waals surface area contributed by atoms with Gasteiger partial charge in [-0.1, -0.05) is 12.1 Å². The summed E-state index contributed by atoms with van der Waals surface area (Å²) in [7, 11) is 0. The minimum absolute atomic E-state index is 0.260. The van der Waals surface area contributed by atoms with Crippen molar-refractivity contribution in [3.63, 3.8) is 0 Å². The van der Waals surface area contributed by atoms with Gasteiger partial charge in [0.15, 0.2) is 11.4 Å². The van der Waals surface area contributed by atoms with Crippen LogP contribution in [0.1, 0.15) is 21.0 Å². The molecule has 0 saturated carbocycles. The van der Waals surface area contributed by atoms with E-state index in [1.165, 1.54) is 0 Å². The number of aromatic amines is 3. The molecular formula is C36H25N11O2S. The number of pyridine rings is 3. The number of hydrogen-bond donors (Lipinski definition) is 5. The molecular weight excluding hydrogens is 651 g/mol. The Labute approximate surface area is 286 Å². The number of nitrogens with one attached hydrogen (secondary N) is 5. The minimum atomic E-state index is -0.275. The van der Waals surface area contributed by atoms with Crippen LogP contribution in [-0.2, 0) is 0 Å². The summed E-state index contributed by atoms with van der Waals surface area (Å²) in [5.41, 5.74) is 9.41. The van der Waals surface area contributed by atoms with Gasteiger partial charge in [0.05, 0.1) is 33.1 Å². The lowest BCUT2D eigenvalue weighted by Crippen LogP contribution is -2.12. The van der Waals surface area contributed by atoms with Gasteiger partial charge < -0.3 is 15.6 Å². The van der Waals surface area contributed by atoms with E-state index in [1.807, 2.05) is 61.1 Å². The number of rotatable bonds is 6. The number of thiazole rings is 1. The summed E-state index contributed by atoms with van der Waals surface area (Å²) < 4.78 is 0. The van der Waals surface area contributed by atoms with E-state index in [9.17, 15) is 9.59 Å². The fourth-order valence-corrected chi connectivity index (χ4v) is 6.13. The predicted octanol–water partition coefficient (Wildman–Crippen LogP) is 7.09. The van der Waals surface area contributed by atoms with Crippen LogP contribution in [-0.4, -0.2) is 57.1 Å². The lowest BCUT2D eigenvalue weighted by atomic mass is 10.0. The van der Waals surface area contributed by atoms with Gasteiger partial charge in [-0.05, 0) is 65.7 Å². The molecule has 7 aromatic heterocycles. The number of H-pyrrole nitrogens is 3. The van der Waals surface area contributed by atoms with Gasteiger partial charge in [0, 0.05) is 76.5 Å². The van der Waals surface area contributed by atoms with Crippen molar-refractivity contribution >= 4 is 67.2 Å². The highest BCUT2D eigenvalue weighted by atomic mass is 32.1. The molecule has 0 bridgehead atoms. The first-order valence-corrected chi connectivity index (χ1v) is 16.2. The summed E-state index contributed by atoms with van der Waals surface area (Å²) in [4.78, 5) is 45.6. The first-order chi connectivity index (χ1) is 24.6. The molecule has 0 fully saturated rings. The average Bonchev–Trinajstić information content (AvgIpc) is 3.98. The summed E-state index contributed by atoms with van der Waals surface area (Å²) in [6.45, 7) is 0. The first kappa shape index (κ1) is 30.3. The van der Waals surface area contributed by atoms with E-state index in [0.717, 1.165) is 54.3 Å². The van der Waals surface area contributed by atoms with Gasteiger partial charge in [-0.2, -0.15) is 10.2 Å². The second-order valence-corrected chi connectivity index (χ2v) is 11.9. The molecule has 0 aliphatic heterocycles. The third-order valence-electron chi connectivity index (χ3n) is 7.94. The average molecular weight is 676 g/mol. The molecule has 0 unspecified atom stereocenters. The Morgan fingerprint density at radius 3 is 1.78 bits per heavy atom. The largest absolute Gasteiger partial charge is 0.360 e. The van der Waals surface area contributed by atoms with Crippen LogP contribution in [0.5, 0.6) is 0 Å². The number of amides is 2. The maximum Gasteiger partial charge on any atom is 0.276 e. The number of carbonyl (C=O) groups is 2. The van der Waals surface area contributed by atoms with Crippen molar-refractivity contribution < 1.29 is 9.59 Å². The summed E-state index contributed by atoms with van der Waals surface area (Å²) in [5, 5.41) is 22.4. The van der Waals surface area contributed by atoms with E-state index in [0.29, 0.717) is 22.8 Å². The number of carbonyl (C=O) groups excluding carboxylic acids is 2. The molecule has 7 heterocycles. The third kappa shape index (κ3) is 6.05. The fourth-order valence-electron chi connectivity index (χ4n) is 5.51. The second kappa shape index (κ2) is 13.2. The highest BCUT2D eigenvalue weighted by Crippen LogP contribution is 2.31. The predicted molar refractivity (Wildman–Crippen MR) is 193 cm³/mol. The van der Waals surface area contributed by atoms with Crippen LogP contribution in [0.4, 0.5) is 11.4 Å². The first-order valence-electron chi connectivity index (χ1n) is 15.3. The van der Waals surface area contributed by atoms with Crippen LogP contribution in [0.3, 0.4) is 0 Å². The number of anilines is 2. The minimum Gasteiger partial charge on any atom is -0.360 e. The van der Waals surface area contributed by atoms with E-state index in [1.54, 1.807) is 72.1 Å². The molecule has 0 spiro atoms. The lowest BCUT2D eigenvalue weighted by molar-refractivity contribution is 0.101. The normalized spacial score (nSPS) is 11.0. The van der Waals surface area contributed by atoms with E-state index in [2.05, 4.69) is 55.9 Å². The maximum atomic E-state index is 12.7. The Morgan fingerprint density at radius 1 is 0.580 bits per heavy atom. The molecule has 14 heteroatoms. The number of benzene rings is 2. The van der Waals surface area contributed by atoms with Gasteiger partial charge >= 0.3 is 0 Å². The Kier molecular flexibility index (Phi) is 8.00. The molecule has 9 rings (SSSR count). The van der Waals surface area contributed by atoms with Crippen molar-refractivity contribution in [1.82, 2.24) is 45.3 Å². The zero-order chi connectivity index (χ0) is 33.9. The van der Waals surface area contributed by atoms with Gasteiger partial charge in [-0.3, -0.25) is 39.7 Å². The van der Waals surface area contributed by atoms with Gasteiger partial charge in [-0.15, -0.1) is 11.3 Å². The van der Waals surface area contributed by atoms with E-state index in [4.69, 9.17) is 0 Å². The molecule has 2 amide bonds. The zero-order valence-electron chi connectivity index (χ0n) is 26.0. The Morgan fingerprint density at radius 2 is 1.18 bits per heavy atom. The van der Waals surface area contributed by atoms with Crippen molar-refractivity contribution in [3.05, 3.63) is 133 Å². The Bertz CT molecular complexity index is 2600. The quantitative estimate of drug-likeness (QED) is 0.124. The van der Waals surface area contributed by atoms with Crippen molar-refractivity contribution in [2.45, 2.75) is 0 Å². The van der Waals surface area contributed by atoms with E-state index in [-0.39, 0.29) is 11.8 Å². The number of aromatic nitrogens is 9. The van der Waals surface area contributed by atoms with Gasteiger partial charge in [0.1, 0.15) is 0 Å². The van der Waals surface area contributed by atoms with Crippen LogP contribution in [0, 0.1) is 0 Å². The molecule has 5 N–H and O–H groups in total. The van der Waals surface area contributed by atoms with Crippen molar-refractivity contribution in [2.75, 3.05) is 10.6 Å². The van der Waals surface area contributed by atoms with Gasteiger partial charge in [0.2, 0.25) is 0 Å². The molecule has 2 aromatic carbocycles. The second-order valence-electron chi connectivity index (χ2n) is 11.0. The molecule has 0 saturated heterocycles. The van der Waals surface area contributed by atoms with Crippen LogP contribution in [0.15, 0.2) is 122 Å². The van der Waals surface area contributed by atoms with E-state index < -0.39 is 0 Å². The molecule has 0 aliphatic carbocycles. The van der Waals surface area contributed by atoms with Crippen molar-refractivity contribution in [2.24, 2.45) is 0 Å². The van der Waals surface area contributed by atoms with Crippen LogP contribution >= 0.6 is 11.3 Å². The van der Waals surface area contributed by atoms with E-state index >= 15 is 0 Å². The van der Waals surface area contributed by atoms with Crippen molar-refractivity contribution in [3.8, 4) is 21.6 Å². The summed E-state index contributed by atoms with van der Waals surface area (Å²) >= 11 is 1.55. The fraction of sp³-hybridized carbons (Fsp3) is 0. The standard InChI is InChI=1S/C20H14N6O.C16H11N5OS/c27-20(24-13-3-6-21-7-4-13)19-15-9-12(1-2-17(15)25-26-19)16-10-22-11-18-14(16)5-8-23-18;22-16(19-11-3-5-17-6-4-11)15-12-7-10(14-8-18-9-23-14)1-2-13(12)20-21-15/h1-11,23H,(H,25,26)(H,21,24,27);1-9H,(H,20,21)(H,17,19,22). The van der Waals surface area contributed by atoms with Crippen molar-refractivity contribution in [1.29, 1.82) is 0 Å². The maximum absolute atomic E-state index is 12.7. The van der Waals surface area contributed by atoms with Gasteiger partial charge in [-0.25, -0.2) is 0 Å². The molecule has 50 heavy (non-hydrogen) atoms. The summed E-state index contributed by atoms with van der Waals surface area (Å²) in [5.74, 6) is -0.536.